The highest BCUT2D eigenvalue weighted by molar-refractivity contribution is 8.00. The minimum atomic E-state index is 0.676. The highest BCUT2D eigenvalue weighted by atomic mass is 32.2. The Balaban J connectivity index is 1.90. The van der Waals surface area contributed by atoms with Crippen molar-refractivity contribution in [1.29, 1.82) is 0 Å². The Bertz CT molecular complexity index is 335. The van der Waals surface area contributed by atoms with Crippen LogP contribution in [0.2, 0.25) is 0 Å². The lowest BCUT2D eigenvalue weighted by Gasteiger charge is -2.16. The largest absolute Gasteiger partial charge is 0.309 e. The number of thioether (sulfide) groups is 1. The average Bonchev–Trinajstić information content (AvgIpc) is 2.74. The topological polar surface area (TPSA) is 29.9 Å². The standard InChI is InChI=1S/C11H19N3S/c1-8-10(7-13-14(8)3)6-12-11-4-5-15-9(11)2/h7,9,11-12H,4-6H2,1-3H3. The molecule has 2 rings (SSSR count). The number of rotatable bonds is 3. The fraction of sp³-hybridized carbons (Fsp3) is 0.727. The molecule has 0 saturated carbocycles. The van der Waals surface area contributed by atoms with E-state index in [2.05, 4.69) is 36.0 Å². The van der Waals surface area contributed by atoms with Gasteiger partial charge in [-0.05, 0) is 19.1 Å². The summed E-state index contributed by atoms with van der Waals surface area (Å²) < 4.78 is 1.93. The molecule has 2 heterocycles. The van der Waals surface area contributed by atoms with E-state index in [-0.39, 0.29) is 0 Å². The predicted molar refractivity (Wildman–Crippen MR) is 65.1 cm³/mol. The van der Waals surface area contributed by atoms with E-state index in [1.54, 1.807) is 0 Å². The molecule has 1 saturated heterocycles. The van der Waals surface area contributed by atoms with Crippen LogP contribution in [-0.4, -0.2) is 26.8 Å². The average molecular weight is 225 g/mol. The van der Waals surface area contributed by atoms with Gasteiger partial charge in [0.1, 0.15) is 0 Å². The minimum absolute atomic E-state index is 0.676. The molecule has 1 aromatic heterocycles. The quantitative estimate of drug-likeness (QED) is 0.849. The summed E-state index contributed by atoms with van der Waals surface area (Å²) in [5, 5.41) is 8.63. The van der Waals surface area contributed by atoms with Crippen LogP contribution in [0.15, 0.2) is 6.20 Å². The van der Waals surface area contributed by atoms with Crippen LogP contribution in [0, 0.1) is 6.92 Å². The molecule has 84 valence electrons. The summed E-state index contributed by atoms with van der Waals surface area (Å²) in [6.45, 7) is 5.39. The molecular formula is C11H19N3S. The van der Waals surface area contributed by atoms with E-state index in [1.807, 2.05) is 17.9 Å². The van der Waals surface area contributed by atoms with Gasteiger partial charge in [0.15, 0.2) is 0 Å². The second-order valence-electron chi connectivity index (χ2n) is 4.23. The van der Waals surface area contributed by atoms with Crippen LogP contribution in [0.25, 0.3) is 0 Å². The molecule has 0 aliphatic carbocycles. The number of aromatic nitrogens is 2. The first-order valence-electron chi connectivity index (χ1n) is 5.51. The number of nitrogens with zero attached hydrogens (tertiary/aromatic N) is 2. The molecular weight excluding hydrogens is 206 g/mol. The maximum Gasteiger partial charge on any atom is 0.0537 e. The van der Waals surface area contributed by atoms with Gasteiger partial charge in [0.25, 0.3) is 0 Å². The summed E-state index contributed by atoms with van der Waals surface area (Å²) in [7, 11) is 1.99. The molecule has 0 bridgehead atoms. The zero-order valence-electron chi connectivity index (χ0n) is 9.66. The Morgan fingerprint density at radius 1 is 1.67 bits per heavy atom. The first kappa shape index (κ1) is 11.0. The Hall–Kier alpha value is -0.480. The molecule has 0 amide bonds. The molecule has 0 radical (unpaired) electrons. The third kappa shape index (κ3) is 2.37. The van der Waals surface area contributed by atoms with E-state index in [0.717, 1.165) is 11.8 Å². The van der Waals surface area contributed by atoms with Crippen LogP contribution in [0.1, 0.15) is 24.6 Å². The summed E-state index contributed by atoms with van der Waals surface area (Å²) in [6, 6.07) is 0.676. The summed E-state index contributed by atoms with van der Waals surface area (Å²) in [5.41, 5.74) is 2.59. The number of nitrogens with one attached hydrogen (secondary N) is 1. The van der Waals surface area contributed by atoms with Gasteiger partial charge in [0.2, 0.25) is 0 Å². The second-order valence-corrected chi connectivity index (χ2v) is 5.72. The van der Waals surface area contributed by atoms with Crippen molar-refractivity contribution in [2.75, 3.05) is 5.75 Å². The highest BCUT2D eigenvalue weighted by Crippen LogP contribution is 2.26. The molecule has 1 aromatic rings. The lowest BCUT2D eigenvalue weighted by Crippen LogP contribution is -2.32. The van der Waals surface area contributed by atoms with Crippen LogP contribution >= 0.6 is 11.8 Å². The van der Waals surface area contributed by atoms with Crippen LogP contribution in [0.3, 0.4) is 0 Å². The summed E-state index contributed by atoms with van der Waals surface area (Å²) in [5.74, 6) is 1.30. The first-order chi connectivity index (χ1) is 7.18. The number of aryl methyl sites for hydroxylation is 1. The summed E-state index contributed by atoms with van der Waals surface area (Å²) >= 11 is 2.07. The third-order valence-corrected chi connectivity index (χ3v) is 4.59. The van der Waals surface area contributed by atoms with E-state index in [1.165, 1.54) is 23.4 Å². The number of hydrogen-bond donors (Lipinski definition) is 1. The molecule has 1 N–H and O–H groups in total. The van der Waals surface area contributed by atoms with E-state index in [9.17, 15) is 0 Å². The van der Waals surface area contributed by atoms with Gasteiger partial charge in [-0.2, -0.15) is 16.9 Å². The van der Waals surface area contributed by atoms with E-state index < -0.39 is 0 Å². The minimum Gasteiger partial charge on any atom is -0.309 e. The van der Waals surface area contributed by atoms with Gasteiger partial charge in [-0.15, -0.1) is 0 Å². The lowest BCUT2D eigenvalue weighted by molar-refractivity contribution is 0.512. The third-order valence-electron chi connectivity index (χ3n) is 3.27. The van der Waals surface area contributed by atoms with Crippen LogP contribution < -0.4 is 5.32 Å². The normalized spacial score (nSPS) is 26.1. The van der Waals surface area contributed by atoms with E-state index in [4.69, 9.17) is 0 Å². The maximum atomic E-state index is 4.25. The number of hydrogen-bond acceptors (Lipinski definition) is 3. The molecule has 3 nitrogen and oxygen atoms in total. The SMILES string of the molecule is Cc1c(CNC2CCSC2C)cnn1C. The van der Waals surface area contributed by atoms with Crippen molar-refractivity contribution in [3.63, 3.8) is 0 Å². The smallest absolute Gasteiger partial charge is 0.0537 e. The molecule has 4 heteroatoms. The van der Waals surface area contributed by atoms with Gasteiger partial charge >= 0.3 is 0 Å². The second kappa shape index (κ2) is 4.58. The molecule has 1 fully saturated rings. The van der Waals surface area contributed by atoms with Crippen molar-refractivity contribution >= 4 is 11.8 Å². The molecule has 2 atom stereocenters. The predicted octanol–water partition coefficient (Wildman–Crippen LogP) is 1.71. The van der Waals surface area contributed by atoms with Crippen molar-refractivity contribution in [1.82, 2.24) is 15.1 Å². The Morgan fingerprint density at radius 3 is 3.00 bits per heavy atom. The van der Waals surface area contributed by atoms with Gasteiger partial charge in [0, 0.05) is 36.1 Å². The Morgan fingerprint density at radius 2 is 2.47 bits per heavy atom. The fourth-order valence-corrected chi connectivity index (χ4v) is 3.18. The Kier molecular flexibility index (Phi) is 3.36. The van der Waals surface area contributed by atoms with Crippen LogP contribution in [-0.2, 0) is 13.6 Å². The van der Waals surface area contributed by atoms with E-state index in [0.29, 0.717) is 6.04 Å². The van der Waals surface area contributed by atoms with Crippen molar-refractivity contribution in [2.45, 2.75) is 38.1 Å². The van der Waals surface area contributed by atoms with Gasteiger partial charge in [-0.1, -0.05) is 6.92 Å². The molecule has 15 heavy (non-hydrogen) atoms. The van der Waals surface area contributed by atoms with Crippen molar-refractivity contribution in [3.05, 3.63) is 17.5 Å². The summed E-state index contributed by atoms with van der Waals surface area (Å²) in [6.07, 6.45) is 3.26. The molecule has 0 aromatic carbocycles. The monoisotopic (exact) mass is 225 g/mol. The van der Waals surface area contributed by atoms with Crippen molar-refractivity contribution < 1.29 is 0 Å². The van der Waals surface area contributed by atoms with Gasteiger partial charge in [-0.25, -0.2) is 0 Å². The van der Waals surface area contributed by atoms with Gasteiger partial charge in [0.05, 0.1) is 6.20 Å². The van der Waals surface area contributed by atoms with Gasteiger partial charge < -0.3 is 5.32 Å². The summed E-state index contributed by atoms with van der Waals surface area (Å²) in [4.78, 5) is 0. The van der Waals surface area contributed by atoms with Crippen molar-refractivity contribution in [2.24, 2.45) is 7.05 Å². The molecule has 2 unspecified atom stereocenters. The Labute approximate surface area is 95.6 Å². The fourth-order valence-electron chi connectivity index (χ4n) is 1.96. The maximum absolute atomic E-state index is 4.25. The zero-order valence-corrected chi connectivity index (χ0v) is 10.5. The highest BCUT2D eigenvalue weighted by Gasteiger charge is 2.23. The van der Waals surface area contributed by atoms with E-state index >= 15 is 0 Å². The zero-order chi connectivity index (χ0) is 10.8. The van der Waals surface area contributed by atoms with Crippen LogP contribution in [0.5, 0.6) is 0 Å². The molecule has 0 spiro atoms. The molecule has 1 aliphatic heterocycles. The first-order valence-corrected chi connectivity index (χ1v) is 6.56. The van der Waals surface area contributed by atoms with Crippen molar-refractivity contribution in [3.8, 4) is 0 Å². The van der Waals surface area contributed by atoms with Crippen LogP contribution in [0.4, 0.5) is 0 Å². The lowest BCUT2D eigenvalue weighted by atomic mass is 10.1. The van der Waals surface area contributed by atoms with Gasteiger partial charge in [-0.3, -0.25) is 4.68 Å². The molecule has 1 aliphatic rings.